The quantitative estimate of drug-likeness (QED) is 0.158. The molecule has 0 saturated carbocycles. The zero-order valence-electron chi connectivity index (χ0n) is 27.8. The molecule has 0 amide bonds. The Morgan fingerprint density at radius 1 is 0.562 bits per heavy atom. The summed E-state index contributed by atoms with van der Waals surface area (Å²) in [5.41, 5.74) is 19.6. The van der Waals surface area contributed by atoms with Crippen LogP contribution < -0.4 is 25.9 Å². The van der Waals surface area contributed by atoms with E-state index >= 15 is 0 Å². The van der Waals surface area contributed by atoms with E-state index in [9.17, 15) is 0 Å². The second-order valence-electron chi connectivity index (χ2n) is 15.6. The van der Waals surface area contributed by atoms with Crippen LogP contribution in [0.1, 0.15) is 71.7 Å². The van der Waals surface area contributed by atoms with Crippen molar-refractivity contribution in [2.24, 2.45) is 0 Å². The Morgan fingerprint density at radius 3 is 1.88 bits per heavy atom. The van der Waals surface area contributed by atoms with E-state index in [0.29, 0.717) is 0 Å². The van der Waals surface area contributed by atoms with Gasteiger partial charge in [0, 0.05) is 5.46 Å². The smallest absolute Gasteiger partial charge is 0.260 e. The third kappa shape index (κ3) is 3.25. The highest BCUT2D eigenvalue weighted by Gasteiger charge is 2.53. The van der Waals surface area contributed by atoms with Gasteiger partial charge in [-0.15, -0.1) is 0 Å². The number of aryl methyl sites for hydroxylation is 3. The summed E-state index contributed by atoms with van der Waals surface area (Å²) in [5.74, 6) is 3.72. The van der Waals surface area contributed by atoms with Gasteiger partial charge in [-0.05, 0) is 134 Å². The SMILES string of the molecule is Cc1cc2c3c(c1)Oc1cc4c(cc1B3c1cc(C(C)(C)C)ccc1O2)-c1cc2c(cc1C41c3ccccc3-c3ccccc31)CCC2. The molecule has 2 nitrogen and oxygen atoms in total. The van der Waals surface area contributed by atoms with Crippen molar-refractivity contribution in [3.63, 3.8) is 0 Å². The van der Waals surface area contributed by atoms with E-state index in [0.717, 1.165) is 46.9 Å². The molecule has 3 heteroatoms. The van der Waals surface area contributed by atoms with Crippen molar-refractivity contribution in [2.45, 2.75) is 57.8 Å². The van der Waals surface area contributed by atoms with Gasteiger partial charge in [-0.25, -0.2) is 0 Å². The first-order valence-electron chi connectivity index (χ1n) is 17.5. The number of fused-ring (bicyclic) bond motifs is 15. The Morgan fingerprint density at radius 2 is 1.17 bits per heavy atom. The fraction of sp³-hybridized carbons (Fsp3) is 0.200. The molecule has 48 heavy (non-hydrogen) atoms. The highest BCUT2D eigenvalue weighted by Crippen LogP contribution is 2.63. The summed E-state index contributed by atoms with van der Waals surface area (Å²) < 4.78 is 13.7. The van der Waals surface area contributed by atoms with E-state index in [1.165, 1.54) is 78.5 Å². The normalized spacial score (nSPS) is 16.1. The molecule has 11 rings (SSSR count). The largest absolute Gasteiger partial charge is 0.458 e. The summed E-state index contributed by atoms with van der Waals surface area (Å²) in [5, 5.41) is 0. The van der Waals surface area contributed by atoms with E-state index < -0.39 is 0 Å². The van der Waals surface area contributed by atoms with E-state index in [1.807, 2.05) is 0 Å². The summed E-state index contributed by atoms with van der Waals surface area (Å²) in [6.07, 6.45) is 3.55. The van der Waals surface area contributed by atoms with Gasteiger partial charge in [-0.3, -0.25) is 0 Å². The molecule has 0 bridgehead atoms. The van der Waals surface area contributed by atoms with Crippen LogP contribution in [0.5, 0.6) is 23.0 Å². The van der Waals surface area contributed by atoms with Crippen LogP contribution in [-0.4, -0.2) is 6.71 Å². The van der Waals surface area contributed by atoms with Gasteiger partial charge in [-0.2, -0.15) is 0 Å². The zero-order valence-corrected chi connectivity index (χ0v) is 27.8. The standard InChI is InChI=1S/C45H35BO2/c1-25-18-41-43-42(19-25)48-40-24-36-32(23-38(40)46(43)37-22-28(44(2,3)4)16-17-39(37)47-41)31-20-26-10-9-11-27(26)21-35(31)45(36)33-14-7-5-12-29(33)30-13-6-8-15-34(30)45/h5-8,12-24H,9-11H2,1-4H3. The molecule has 6 aromatic carbocycles. The average molecular weight is 619 g/mol. The molecule has 0 fully saturated rings. The van der Waals surface area contributed by atoms with E-state index in [2.05, 4.69) is 131 Å². The number of hydrogen-bond donors (Lipinski definition) is 0. The van der Waals surface area contributed by atoms with Gasteiger partial charge in [0.25, 0.3) is 6.71 Å². The number of ether oxygens (including phenoxy) is 2. The Bertz CT molecular complexity index is 2400. The van der Waals surface area contributed by atoms with E-state index in [1.54, 1.807) is 0 Å². The summed E-state index contributed by atoms with van der Waals surface area (Å²) in [4.78, 5) is 0. The van der Waals surface area contributed by atoms with Crippen molar-refractivity contribution in [2.75, 3.05) is 0 Å². The second kappa shape index (κ2) is 8.91. The Labute approximate surface area is 282 Å². The monoisotopic (exact) mass is 618 g/mol. The molecule has 2 aliphatic heterocycles. The predicted molar refractivity (Wildman–Crippen MR) is 196 cm³/mol. The third-order valence-corrected chi connectivity index (χ3v) is 11.9. The van der Waals surface area contributed by atoms with Crippen LogP contribution in [0.2, 0.25) is 0 Å². The fourth-order valence-corrected chi connectivity index (χ4v) is 9.80. The highest BCUT2D eigenvalue weighted by atomic mass is 16.5. The molecule has 0 atom stereocenters. The minimum absolute atomic E-state index is 0.0201. The maximum atomic E-state index is 7.02. The average Bonchev–Trinajstić information content (AvgIpc) is 3.74. The minimum Gasteiger partial charge on any atom is -0.458 e. The van der Waals surface area contributed by atoms with Crippen LogP contribution >= 0.6 is 0 Å². The van der Waals surface area contributed by atoms with Gasteiger partial charge in [0.15, 0.2) is 0 Å². The van der Waals surface area contributed by atoms with Crippen molar-refractivity contribution in [1.29, 1.82) is 0 Å². The van der Waals surface area contributed by atoms with Crippen LogP contribution in [-0.2, 0) is 23.7 Å². The Balaban J connectivity index is 1.25. The van der Waals surface area contributed by atoms with Gasteiger partial charge in [0.05, 0.1) is 5.41 Å². The number of hydrogen-bond acceptors (Lipinski definition) is 2. The number of rotatable bonds is 0. The molecule has 0 saturated heterocycles. The lowest BCUT2D eigenvalue weighted by molar-refractivity contribution is 0.463. The van der Waals surface area contributed by atoms with Crippen LogP contribution in [0.4, 0.5) is 0 Å². The third-order valence-electron chi connectivity index (χ3n) is 11.9. The molecular weight excluding hydrogens is 583 g/mol. The molecule has 5 aliphatic rings. The molecule has 0 aromatic heterocycles. The van der Waals surface area contributed by atoms with Crippen LogP contribution in [0.25, 0.3) is 22.3 Å². The highest BCUT2D eigenvalue weighted by molar-refractivity contribution is 6.98. The topological polar surface area (TPSA) is 18.5 Å². The molecule has 230 valence electrons. The molecule has 0 N–H and O–H groups in total. The maximum Gasteiger partial charge on any atom is 0.260 e. The van der Waals surface area contributed by atoms with Crippen molar-refractivity contribution in [3.05, 3.63) is 148 Å². The maximum absolute atomic E-state index is 7.02. The molecule has 0 unspecified atom stereocenters. The van der Waals surface area contributed by atoms with Crippen LogP contribution in [0.15, 0.2) is 103 Å². The van der Waals surface area contributed by atoms with Crippen LogP contribution in [0, 0.1) is 6.92 Å². The first-order chi connectivity index (χ1) is 23.3. The summed E-state index contributed by atoms with van der Waals surface area (Å²) in [6, 6.07) is 39.4. The van der Waals surface area contributed by atoms with Crippen molar-refractivity contribution in [1.82, 2.24) is 0 Å². The summed E-state index contributed by atoms with van der Waals surface area (Å²) in [7, 11) is 0. The molecule has 2 heterocycles. The van der Waals surface area contributed by atoms with Crippen LogP contribution in [0.3, 0.4) is 0 Å². The Kier molecular flexibility index (Phi) is 5.01. The first kappa shape index (κ1) is 27.0. The summed E-state index contributed by atoms with van der Waals surface area (Å²) in [6.45, 7) is 9.02. The van der Waals surface area contributed by atoms with Gasteiger partial charge in [-0.1, -0.05) is 99.6 Å². The van der Waals surface area contributed by atoms with E-state index in [-0.39, 0.29) is 17.5 Å². The lowest BCUT2D eigenvalue weighted by Crippen LogP contribution is -2.57. The van der Waals surface area contributed by atoms with E-state index in [4.69, 9.17) is 9.47 Å². The van der Waals surface area contributed by atoms with Crippen molar-refractivity contribution < 1.29 is 9.47 Å². The molecule has 1 spiro atoms. The fourth-order valence-electron chi connectivity index (χ4n) is 9.80. The van der Waals surface area contributed by atoms with Crippen molar-refractivity contribution >= 4 is 23.1 Å². The van der Waals surface area contributed by atoms with Gasteiger partial charge >= 0.3 is 0 Å². The predicted octanol–water partition coefficient (Wildman–Crippen LogP) is 8.85. The van der Waals surface area contributed by atoms with Gasteiger partial charge in [0.1, 0.15) is 23.0 Å². The lowest BCUT2D eigenvalue weighted by Gasteiger charge is -2.35. The van der Waals surface area contributed by atoms with Crippen molar-refractivity contribution in [3.8, 4) is 45.3 Å². The Hall–Kier alpha value is -5.02. The van der Waals surface area contributed by atoms with Gasteiger partial charge in [0.2, 0.25) is 0 Å². The lowest BCUT2D eigenvalue weighted by atomic mass is 9.34. The zero-order chi connectivity index (χ0) is 32.1. The minimum atomic E-state index is -0.390. The molecular formula is C45H35BO2. The van der Waals surface area contributed by atoms with Gasteiger partial charge < -0.3 is 9.47 Å². The molecule has 6 aromatic rings. The first-order valence-corrected chi connectivity index (χ1v) is 17.5. The molecule has 3 aliphatic carbocycles. The molecule has 0 radical (unpaired) electrons. The second-order valence-corrected chi connectivity index (χ2v) is 15.6. The summed E-state index contributed by atoms with van der Waals surface area (Å²) >= 11 is 0. The number of benzene rings is 6.